The van der Waals surface area contributed by atoms with Crippen LogP contribution in [0.3, 0.4) is 0 Å². The lowest BCUT2D eigenvalue weighted by Gasteiger charge is -2.36. The van der Waals surface area contributed by atoms with Gasteiger partial charge in [0.15, 0.2) is 0 Å². The minimum absolute atomic E-state index is 0.232. The molecule has 1 aromatic rings. The average Bonchev–Trinajstić information content (AvgIpc) is 2.37. The monoisotopic (exact) mass is 291 g/mol. The fraction of sp³-hybridized carbons (Fsp3) is 0.571. The van der Waals surface area contributed by atoms with E-state index in [4.69, 9.17) is 4.74 Å². The molecule has 0 heterocycles. The van der Waals surface area contributed by atoms with E-state index >= 15 is 0 Å². The largest absolute Gasteiger partial charge is 0.573 e. The molecular weight excluding hydrogens is 271 g/mol. The number of methoxy groups -OCH3 is 1. The predicted molar refractivity (Wildman–Crippen MR) is 70.6 cm³/mol. The summed E-state index contributed by atoms with van der Waals surface area (Å²) in [6.07, 6.45) is -3.98. The van der Waals surface area contributed by atoms with Gasteiger partial charge in [0.05, 0.1) is 11.6 Å². The summed E-state index contributed by atoms with van der Waals surface area (Å²) in [5, 5.41) is 3.09. The Hall–Kier alpha value is -1.27. The van der Waals surface area contributed by atoms with Crippen LogP contribution in [0.2, 0.25) is 0 Å². The number of ether oxygens (including phenoxy) is 2. The Balaban J connectivity index is 3.08. The van der Waals surface area contributed by atoms with E-state index in [2.05, 4.69) is 10.1 Å². The van der Waals surface area contributed by atoms with Gasteiger partial charge in [-0.2, -0.15) is 0 Å². The summed E-state index contributed by atoms with van der Waals surface area (Å²) in [4.78, 5) is 0. The minimum atomic E-state index is -4.69. The summed E-state index contributed by atoms with van der Waals surface area (Å²) in [6, 6.07) is 5.69. The predicted octanol–water partition coefficient (Wildman–Crippen LogP) is 3.66. The van der Waals surface area contributed by atoms with Crippen molar-refractivity contribution in [3.05, 3.63) is 29.8 Å². The summed E-state index contributed by atoms with van der Waals surface area (Å²) in [5.41, 5.74) is 0.159. The van der Waals surface area contributed by atoms with E-state index in [1.54, 1.807) is 20.2 Å². The van der Waals surface area contributed by atoms with Crippen molar-refractivity contribution in [2.24, 2.45) is 0 Å². The maximum atomic E-state index is 12.3. The van der Waals surface area contributed by atoms with Crippen LogP contribution in [-0.2, 0) is 4.74 Å². The minimum Gasteiger partial charge on any atom is -0.406 e. The molecule has 0 amide bonds. The molecule has 1 rings (SSSR count). The summed E-state index contributed by atoms with van der Waals surface area (Å²) in [7, 11) is 3.33. The Morgan fingerprint density at radius 1 is 1.30 bits per heavy atom. The van der Waals surface area contributed by atoms with E-state index < -0.39 is 12.0 Å². The Labute approximate surface area is 117 Å². The Bertz CT molecular complexity index is 431. The van der Waals surface area contributed by atoms with Crippen LogP contribution in [0.15, 0.2) is 24.3 Å². The molecule has 1 N–H and O–H groups in total. The average molecular weight is 291 g/mol. The molecule has 6 heteroatoms. The first-order valence-electron chi connectivity index (χ1n) is 6.34. The molecule has 1 aromatic carbocycles. The number of likely N-dealkylation sites (N-methyl/N-ethyl adjacent to an activating group) is 1. The Morgan fingerprint density at radius 2 is 1.95 bits per heavy atom. The van der Waals surface area contributed by atoms with Crippen molar-refractivity contribution in [3.63, 3.8) is 0 Å². The quantitative estimate of drug-likeness (QED) is 0.867. The van der Waals surface area contributed by atoms with Crippen LogP contribution >= 0.6 is 0 Å². The van der Waals surface area contributed by atoms with Crippen LogP contribution < -0.4 is 10.1 Å². The first-order chi connectivity index (χ1) is 9.25. The molecule has 2 unspecified atom stereocenters. The van der Waals surface area contributed by atoms with Crippen molar-refractivity contribution >= 4 is 0 Å². The number of benzene rings is 1. The van der Waals surface area contributed by atoms with Crippen molar-refractivity contribution in [1.29, 1.82) is 0 Å². The van der Waals surface area contributed by atoms with Crippen LogP contribution in [-0.4, -0.2) is 26.1 Å². The van der Waals surface area contributed by atoms with Crippen LogP contribution in [0.1, 0.15) is 31.9 Å². The molecule has 0 saturated heterocycles. The fourth-order valence-electron chi connectivity index (χ4n) is 2.18. The summed E-state index contributed by atoms with van der Waals surface area (Å²) >= 11 is 0. The lowest BCUT2D eigenvalue weighted by molar-refractivity contribution is -0.274. The molecule has 0 radical (unpaired) electrons. The standard InChI is InChI=1S/C14H20F3NO2/c1-5-13(2,19-4)12(18-3)10-7-6-8-11(9-10)20-14(15,16)17/h6-9,12,18H,5H2,1-4H3. The second kappa shape index (κ2) is 6.45. The van der Waals surface area contributed by atoms with Crippen LogP contribution in [0, 0.1) is 0 Å². The van der Waals surface area contributed by atoms with Gasteiger partial charge in [0.2, 0.25) is 0 Å². The number of rotatable bonds is 6. The SMILES string of the molecule is CCC(C)(OC)C(NC)c1cccc(OC(F)(F)F)c1. The first kappa shape index (κ1) is 16.8. The van der Waals surface area contributed by atoms with Crippen molar-refractivity contribution < 1.29 is 22.6 Å². The van der Waals surface area contributed by atoms with Crippen molar-refractivity contribution in [3.8, 4) is 5.75 Å². The number of nitrogens with one attached hydrogen (secondary N) is 1. The third-order valence-electron chi connectivity index (χ3n) is 3.49. The second-order valence-electron chi connectivity index (χ2n) is 4.71. The topological polar surface area (TPSA) is 30.5 Å². The Kier molecular flexibility index (Phi) is 5.42. The summed E-state index contributed by atoms with van der Waals surface area (Å²) in [5.74, 6) is -0.232. The van der Waals surface area contributed by atoms with Gasteiger partial charge in [0.25, 0.3) is 0 Å². The van der Waals surface area contributed by atoms with E-state index in [9.17, 15) is 13.2 Å². The normalized spacial score (nSPS) is 16.6. The molecule has 20 heavy (non-hydrogen) atoms. The second-order valence-corrected chi connectivity index (χ2v) is 4.71. The molecule has 0 aliphatic carbocycles. The van der Waals surface area contributed by atoms with Crippen LogP contribution in [0.5, 0.6) is 5.75 Å². The molecule has 114 valence electrons. The van der Waals surface area contributed by atoms with E-state index in [1.165, 1.54) is 18.2 Å². The van der Waals surface area contributed by atoms with Gasteiger partial charge in [-0.25, -0.2) is 0 Å². The zero-order chi connectivity index (χ0) is 15.4. The molecule has 0 saturated carbocycles. The van der Waals surface area contributed by atoms with Crippen molar-refractivity contribution in [2.75, 3.05) is 14.2 Å². The summed E-state index contributed by atoms with van der Waals surface area (Å²) in [6.45, 7) is 3.87. The maximum Gasteiger partial charge on any atom is 0.573 e. The smallest absolute Gasteiger partial charge is 0.406 e. The van der Waals surface area contributed by atoms with Gasteiger partial charge in [0, 0.05) is 7.11 Å². The van der Waals surface area contributed by atoms with Crippen LogP contribution in [0.4, 0.5) is 13.2 Å². The number of hydrogen-bond donors (Lipinski definition) is 1. The van der Waals surface area contributed by atoms with Gasteiger partial charge in [-0.1, -0.05) is 19.1 Å². The van der Waals surface area contributed by atoms with E-state index in [-0.39, 0.29) is 11.8 Å². The first-order valence-corrected chi connectivity index (χ1v) is 6.34. The van der Waals surface area contributed by atoms with Gasteiger partial charge in [0.1, 0.15) is 5.75 Å². The van der Waals surface area contributed by atoms with Crippen molar-refractivity contribution in [1.82, 2.24) is 5.32 Å². The van der Waals surface area contributed by atoms with Gasteiger partial charge in [-0.15, -0.1) is 13.2 Å². The molecule has 0 bridgehead atoms. The number of hydrogen-bond acceptors (Lipinski definition) is 3. The molecule has 3 nitrogen and oxygen atoms in total. The van der Waals surface area contributed by atoms with Gasteiger partial charge < -0.3 is 14.8 Å². The molecule has 0 aliphatic rings. The van der Waals surface area contributed by atoms with Gasteiger partial charge in [-0.05, 0) is 38.1 Å². The van der Waals surface area contributed by atoms with E-state index in [0.717, 1.165) is 0 Å². The number of halogens is 3. The maximum absolute atomic E-state index is 12.3. The molecule has 0 fully saturated rings. The highest BCUT2D eigenvalue weighted by Gasteiger charge is 2.34. The zero-order valence-corrected chi connectivity index (χ0v) is 12.0. The highest BCUT2D eigenvalue weighted by Crippen LogP contribution is 2.33. The third-order valence-corrected chi connectivity index (χ3v) is 3.49. The molecule has 2 atom stereocenters. The Morgan fingerprint density at radius 3 is 2.40 bits per heavy atom. The summed E-state index contributed by atoms with van der Waals surface area (Å²) < 4.78 is 46.2. The number of alkyl halides is 3. The van der Waals surface area contributed by atoms with E-state index in [1.807, 2.05) is 13.8 Å². The highest BCUT2D eigenvalue weighted by atomic mass is 19.4. The van der Waals surface area contributed by atoms with Gasteiger partial charge >= 0.3 is 6.36 Å². The molecule has 0 aromatic heterocycles. The van der Waals surface area contributed by atoms with Crippen LogP contribution in [0.25, 0.3) is 0 Å². The highest BCUT2D eigenvalue weighted by molar-refractivity contribution is 5.32. The van der Waals surface area contributed by atoms with Crippen molar-refractivity contribution in [2.45, 2.75) is 38.3 Å². The van der Waals surface area contributed by atoms with Gasteiger partial charge in [-0.3, -0.25) is 0 Å². The lowest BCUT2D eigenvalue weighted by Crippen LogP contribution is -2.41. The fourth-order valence-corrected chi connectivity index (χ4v) is 2.18. The lowest BCUT2D eigenvalue weighted by atomic mass is 9.87. The van der Waals surface area contributed by atoms with E-state index in [0.29, 0.717) is 12.0 Å². The third kappa shape index (κ3) is 4.11. The molecule has 0 spiro atoms. The molecular formula is C14H20F3NO2. The molecule has 0 aliphatic heterocycles. The zero-order valence-electron chi connectivity index (χ0n) is 12.0.